The molecule has 4 heteroatoms. The van der Waals surface area contributed by atoms with E-state index in [0.29, 0.717) is 23.0 Å². The first-order valence-electron chi connectivity index (χ1n) is 10.9. The maximum atomic E-state index is 9.76. The Morgan fingerprint density at radius 2 is 0.618 bits per heavy atom. The van der Waals surface area contributed by atoms with Crippen LogP contribution in [-0.4, -0.2) is 10.2 Å². The number of benzene rings is 6. The van der Waals surface area contributed by atoms with Crippen LogP contribution in [0.25, 0.3) is 32.3 Å². The molecule has 0 unspecified atom stereocenters. The van der Waals surface area contributed by atoms with Gasteiger partial charge in [-0.15, -0.1) is 0 Å². The minimum atomic E-state index is 0.228. The van der Waals surface area contributed by atoms with Crippen LogP contribution >= 0.6 is 0 Å². The van der Waals surface area contributed by atoms with E-state index >= 15 is 0 Å². The van der Waals surface area contributed by atoms with Crippen molar-refractivity contribution in [2.24, 2.45) is 0 Å². The highest BCUT2D eigenvalue weighted by atomic mass is 16.5. The zero-order valence-electron chi connectivity index (χ0n) is 18.1. The van der Waals surface area contributed by atoms with E-state index in [1.54, 1.807) is 24.3 Å². The molecule has 0 spiro atoms. The second-order valence-corrected chi connectivity index (χ2v) is 8.26. The molecule has 6 aromatic rings. The molecule has 0 atom stereocenters. The molecule has 0 aliphatic rings. The van der Waals surface area contributed by atoms with Gasteiger partial charge in [0.05, 0.1) is 0 Å². The number of hydrogen-bond acceptors (Lipinski definition) is 4. The van der Waals surface area contributed by atoms with Crippen molar-refractivity contribution >= 4 is 32.3 Å². The van der Waals surface area contributed by atoms with Crippen molar-refractivity contribution in [2.75, 3.05) is 0 Å². The molecule has 2 N–H and O–H groups in total. The average molecular weight is 444 g/mol. The molecule has 0 aliphatic heterocycles. The lowest BCUT2D eigenvalue weighted by Gasteiger charge is -2.10. The van der Waals surface area contributed by atoms with Crippen LogP contribution in [0.1, 0.15) is 0 Å². The largest absolute Gasteiger partial charge is 0.508 e. The van der Waals surface area contributed by atoms with E-state index in [-0.39, 0.29) is 11.5 Å². The molecule has 0 saturated carbocycles. The molecule has 0 saturated heterocycles. The monoisotopic (exact) mass is 444 g/mol. The summed E-state index contributed by atoms with van der Waals surface area (Å²) >= 11 is 0. The fraction of sp³-hybridized carbons (Fsp3) is 0. The normalized spacial score (nSPS) is 11.2. The van der Waals surface area contributed by atoms with Crippen LogP contribution in [-0.2, 0) is 0 Å². The summed E-state index contributed by atoms with van der Waals surface area (Å²) in [6.45, 7) is 0. The van der Waals surface area contributed by atoms with E-state index < -0.39 is 0 Å². The van der Waals surface area contributed by atoms with Crippen LogP contribution < -0.4 is 9.47 Å². The van der Waals surface area contributed by atoms with Gasteiger partial charge in [-0.3, -0.25) is 0 Å². The summed E-state index contributed by atoms with van der Waals surface area (Å²) in [5.41, 5.74) is 0. The van der Waals surface area contributed by atoms with Crippen molar-refractivity contribution in [2.45, 2.75) is 0 Å². The van der Waals surface area contributed by atoms with Crippen LogP contribution in [0, 0.1) is 0 Å². The number of phenolic OH excluding ortho intramolecular Hbond substituents is 2. The highest BCUT2D eigenvalue weighted by molar-refractivity contribution is 5.87. The van der Waals surface area contributed by atoms with Gasteiger partial charge in [-0.05, 0) is 105 Å². The van der Waals surface area contributed by atoms with Gasteiger partial charge >= 0.3 is 0 Å². The van der Waals surface area contributed by atoms with E-state index in [4.69, 9.17) is 9.47 Å². The number of fused-ring (bicyclic) bond motifs is 3. The Labute approximate surface area is 195 Å². The lowest BCUT2D eigenvalue weighted by Crippen LogP contribution is -1.87. The Bertz CT molecular complexity index is 1570. The van der Waals surface area contributed by atoms with Crippen molar-refractivity contribution in [3.05, 3.63) is 109 Å². The third-order valence-corrected chi connectivity index (χ3v) is 5.85. The van der Waals surface area contributed by atoms with E-state index in [2.05, 4.69) is 0 Å². The molecule has 4 nitrogen and oxygen atoms in total. The summed E-state index contributed by atoms with van der Waals surface area (Å²) in [6.07, 6.45) is 0. The average Bonchev–Trinajstić information content (AvgIpc) is 2.83. The summed E-state index contributed by atoms with van der Waals surface area (Å²) in [6, 6.07) is 34.0. The van der Waals surface area contributed by atoms with Crippen molar-refractivity contribution in [3.63, 3.8) is 0 Å². The molecule has 164 valence electrons. The third kappa shape index (κ3) is 3.93. The Morgan fingerprint density at radius 3 is 0.971 bits per heavy atom. The van der Waals surface area contributed by atoms with Crippen LogP contribution in [0.3, 0.4) is 0 Å². The number of ether oxygens (including phenoxy) is 2. The zero-order valence-corrected chi connectivity index (χ0v) is 18.1. The molecule has 34 heavy (non-hydrogen) atoms. The van der Waals surface area contributed by atoms with Gasteiger partial charge in [-0.25, -0.2) is 0 Å². The summed E-state index contributed by atoms with van der Waals surface area (Å²) < 4.78 is 12.2. The summed E-state index contributed by atoms with van der Waals surface area (Å²) in [7, 11) is 0. The standard InChI is InChI=1S/C30H20O4/c31-25-7-1-19-3-9-27(15-22(19)13-25)33-29-11-5-21-6-12-30(18-24(21)17-29)34-28-10-4-20-2-8-26(32)14-23(20)16-28/h1-18,31-32H. The van der Waals surface area contributed by atoms with Crippen LogP contribution in [0.5, 0.6) is 34.5 Å². The van der Waals surface area contributed by atoms with E-state index in [1.807, 2.05) is 84.9 Å². The highest BCUT2D eigenvalue weighted by Gasteiger charge is 2.05. The molecule has 0 heterocycles. The van der Waals surface area contributed by atoms with Gasteiger partial charge in [0.15, 0.2) is 0 Å². The lowest BCUT2D eigenvalue weighted by atomic mass is 10.1. The van der Waals surface area contributed by atoms with Gasteiger partial charge < -0.3 is 19.7 Å². The number of rotatable bonds is 4. The molecule has 0 aliphatic carbocycles. The first kappa shape index (κ1) is 19.9. The molecule has 0 fully saturated rings. The molecule has 6 rings (SSSR count). The number of hydrogen-bond donors (Lipinski definition) is 2. The lowest BCUT2D eigenvalue weighted by molar-refractivity contribution is 0.475. The Morgan fingerprint density at radius 1 is 0.324 bits per heavy atom. The molecule has 0 aromatic heterocycles. The van der Waals surface area contributed by atoms with Crippen molar-refractivity contribution in [3.8, 4) is 34.5 Å². The predicted octanol–water partition coefficient (Wildman–Crippen LogP) is 8.14. The molecule has 0 bridgehead atoms. The Balaban J connectivity index is 1.28. The fourth-order valence-electron chi connectivity index (χ4n) is 4.15. The van der Waals surface area contributed by atoms with Crippen LogP contribution in [0.2, 0.25) is 0 Å². The van der Waals surface area contributed by atoms with E-state index in [1.165, 1.54) is 0 Å². The molecule has 0 radical (unpaired) electrons. The van der Waals surface area contributed by atoms with Gasteiger partial charge in [-0.1, -0.05) is 36.4 Å². The van der Waals surface area contributed by atoms with Crippen molar-refractivity contribution in [1.29, 1.82) is 0 Å². The van der Waals surface area contributed by atoms with Gasteiger partial charge in [0.2, 0.25) is 0 Å². The summed E-state index contributed by atoms with van der Waals surface area (Å²) in [5.74, 6) is 3.28. The Hall–Kier alpha value is -4.70. The van der Waals surface area contributed by atoms with Crippen LogP contribution in [0.4, 0.5) is 0 Å². The fourth-order valence-corrected chi connectivity index (χ4v) is 4.15. The smallest absolute Gasteiger partial charge is 0.128 e. The SMILES string of the molecule is Oc1ccc2ccc(Oc3ccc4ccc(Oc5ccc6ccc(O)cc6c5)cc4c3)cc2c1. The van der Waals surface area contributed by atoms with Crippen molar-refractivity contribution < 1.29 is 19.7 Å². The summed E-state index contributed by atoms with van der Waals surface area (Å²) in [4.78, 5) is 0. The number of aromatic hydroxyl groups is 2. The molecular weight excluding hydrogens is 424 g/mol. The van der Waals surface area contributed by atoms with Gasteiger partial charge in [0.25, 0.3) is 0 Å². The number of phenols is 2. The maximum Gasteiger partial charge on any atom is 0.128 e. The molecular formula is C30H20O4. The minimum absolute atomic E-state index is 0.228. The Kier molecular flexibility index (Phi) is 4.70. The first-order chi connectivity index (χ1) is 16.6. The van der Waals surface area contributed by atoms with E-state index in [9.17, 15) is 10.2 Å². The third-order valence-electron chi connectivity index (χ3n) is 5.85. The second kappa shape index (κ2) is 8.01. The molecule has 0 amide bonds. The highest BCUT2D eigenvalue weighted by Crippen LogP contribution is 2.33. The maximum absolute atomic E-state index is 9.76. The zero-order chi connectivity index (χ0) is 23.1. The van der Waals surface area contributed by atoms with Gasteiger partial charge in [-0.2, -0.15) is 0 Å². The molecule has 6 aromatic carbocycles. The predicted molar refractivity (Wildman–Crippen MR) is 135 cm³/mol. The van der Waals surface area contributed by atoms with Crippen LogP contribution in [0.15, 0.2) is 109 Å². The summed E-state index contributed by atoms with van der Waals surface area (Å²) in [5, 5.41) is 25.5. The van der Waals surface area contributed by atoms with Gasteiger partial charge in [0, 0.05) is 0 Å². The quantitative estimate of drug-likeness (QED) is 0.288. The van der Waals surface area contributed by atoms with E-state index in [0.717, 1.165) is 32.3 Å². The topological polar surface area (TPSA) is 58.9 Å². The van der Waals surface area contributed by atoms with Crippen molar-refractivity contribution in [1.82, 2.24) is 0 Å². The van der Waals surface area contributed by atoms with Gasteiger partial charge in [0.1, 0.15) is 34.5 Å². The minimum Gasteiger partial charge on any atom is -0.508 e. The first-order valence-corrected chi connectivity index (χ1v) is 10.9. The second-order valence-electron chi connectivity index (χ2n) is 8.26.